The molecule has 1 heterocycles. The highest BCUT2D eigenvalue weighted by atomic mass is 16.5. The molecular weight excluding hydrogens is 214 g/mol. The zero-order valence-corrected chi connectivity index (χ0v) is 10.9. The van der Waals surface area contributed by atoms with E-state index in [9.17, 15) is 0 Å². The normalized spacial score (nSPS) is 12.6. The summed E-state index contributed by atoms with van der Waals surface area (Å²) in [6.45, 7) is 6.84. The molecule has 0 radical (unpaired) electrons. The van der Waals surface area contributed by atoms with Gasteiger partial charge in [-0.25, -0.2) is 9.97 Å². The predicted molar refractivity (Wildman–Crippen MR) is 68.8 cm³/mol. The van der Waals surface area contributed by atoms with E-state index in [1.54, 1.807) is 6.33 Å². The molecular formula is C13H23N3O. The van der Waals surface area contributed by atoms with Gasteiger partial charge < -0.3 is 10.1 Å². The molecule has 1 unspecified atom stereocenters. The monoisotopic (exact) mass is 237 g/mol. The molecule has 4 nitrogen and oxygen atoms in total. The Balaban J connectivity index is 2.43. The van der Waals surface area contributed by atoms with Gasteiger partial charge in [-0.1, -0.05) is 6.92 Å². The van der Waals surface area contributed by atoms with E-state index in [4.69, 9.17) is 4.74 Å². The van der Waals surface area contributed by atoms with E-state index in [0.29, 0.717) is 6.04 Å². The zero-order chi connectivity index (χ0) is 12.3. The minimum Gasteiger partial charge on any atom is -0.382 e. The van der Waals surface area contributed by atoms with Gasteiger partial charge in [-0.3, -0.25) is 0 Å². The van der Waals surface area contributed by atoms with E-state index in [2.05, 4.69) is 22.2 Å². The molecule has 1 N–H and O–H groups in total. The molecule has 1 atom stereocenters. The molecule has 0 aliphatic heterocycles. The Kier molecular flexibility index (Phi) is 7.51. The molecule has 0 aliphatic carbocycles. The number of nitrogens with zero attached hydrogens (tertiary/aromatic N) is 2. The van der Waals surface area contributed by atoms with Crippen LogP contribution in [0.2, 0.25) is 0 Å². The van der Waals surface area contributed by atoms with Crippen molar-refractivity contribution in [1.29, 1.82) is 0 Å². The first-order chi connectivity index (χ1) is 8.38. The van der Waals surface area contributed by atoms with E-state index < -0.39 is 0 Å². The number of hydrogen-bond donors (Lipinski definition) is 1. The van der Waals surface area contributed by atoms with Gasteiger partial charge in [-0.05, 0) is 32.7 Å². The van der Waals surface area contributed by atoms with Crippen molar-refractivity contribution in [3.8, 4) is 0 Å². The Bertz CT molecular complexity index is 279. The molecule has 0 spiro atoms. The third-order valence-electron chi connectivity index (χ3n) is 2.61. The second kappa shape index (κ2) is 9.07. The van der Waals surface area contributed by atoms with E-state index in [-0.39, 0.29) is 0 Å². The summed E-state index contributed by atoms with van der Waals surface area (Å²) in [5.41, 5.74) is 1.16. The maximum absolute atomic E-state index is 5.37. The minimum absolute atomic E-state index is 0.344. The second-order valence-corrected chi connectivity index (χ2v) is 4.02. The van der Waals surface area contributed by atoms with Crippen LogP contribution in [-0.4, -0.2) is 29.7 Å². The molecule has 1 aromatic heterocycles. The molecule has 96 valence electrons. The fourth-order valence-corrected chi connectivity index (χ4v) is 1.73. The second-order valence-electron chi connectivity index (χ2n) is 4.02. The summed E-state index contributed by atoms with van der Waals surface area (Å²) in [7, 11) is 0. The number of aromatic nitrogens is 2. The molecule has 0 saturated carbocycles. The highest BCUT2D eigenvalue weighted by molar-refractivity contribution is 5.08. The van der Waals surface area contributed by atoms with E-state index in [1.807, 2.05) is 19.3 Å². The van der Waals surface area contributed by atoms with Crippen LogP contribution in [0, 0.1) is 0 Å². The van der Waals surface area contributed by atoms with Gasteiger partial charge in [0, 0.05) is 37.2 Å². The molecule has 4 heteroatoms. The van der Waals surface area contributed by atoms with Gasteiger partial charge in [0.2, 0.25) is 0 Å². The molecule has 0 bridgehead atoms. The van der Waals surface area contributed by atoms with Crippen LogP contribution in [0.5, 0.6) is 0 Å². The summed E-state index contributed by atoms with van der Waals surface area (Å²) in [4.78, 5) is 8.15. The minimum atomic E-state index is 0.344. The van der Waals surface area contributed by atoms with Gasteiger partial charge in [-0.15, -0.1) is 0 Å². The Morgan fingerprint density at radius 1 is 1.29 bits per heavy atom. The van der Waals surface area contributed by atoms with E-state index in [0.717, 1.165) is 44.6 Å². The van der Waals surface area contributed by atoms with Crippen LogP contribution >= 0.6 is 0 Å². The third kappa shape index (κ3) is 5.75. The summed E-state index contributed by atoms with van der Waals surface area (Å²) < 4.78 is 5.37. The lowest BCUT2D eigenvalue weighted by atomic mass is 10.1. The van der Waals surface area contributed by atoms with Crippen LogP contribution in [0.25, 0.3) is 0 Å². The molecule has 17 heavy (non-hydrogen) atoms. The van der Waals surface area contributed by atoms with Gasteiger partial charge in [0.05, 0.1) is 0 Å². The van der Waals surface area contributed by atoms with Crippen molar-refractivity contribution in [3.63, 3.8) is 0 Å². The van der Waals surface area contributed by atoms with Crippen LogP contribution in [0.3, 0.4) is 0 Å². The molecule has 1 aromatic rings. The molecule has 0 amide bonds. The lowest BCUT2D eigenvalue weighted by molar-refractivity contribution is 0.141. The molecule has 0 aliphatic rings. The average Bonchev–Trinajstić information content (AvgIpc) is 2.39. The van der Waals surface area contributed by atoms with Crippen molar-refractivity contribution in [2.24, 2.45) is 0 Å². The van der Waals surface area contributed by atoms with Gasteiger partial charge in [-0.2, -0.15) is 0 Å². The van der Waals surface area contributed by atoms with Gasteiger partial charge in [0.1, 0.15) is 6.33 Å². The van der Waals surface area contributed by atoms with Gasteiger partial charge in [0.15, 0.2) is 0 Å². The lowest BCUT2D eigenvalue weighted by Crippen LogP contribution is -2.22. The Hall–Kier alpha value is -1.00. The van der Waals surface area contributed by atoms with Crippen LogP contribution < -0.4 is 5.32 Å². The molecule has 0 fully saturated rings. The van der Waals surface area contributed by atoms with E-state index in [1.165, 1.54) is 0 Å². The van der Waals surface area contributed by atoms with Crippen molar-refractivity contribution in [2.45, 2.75) is 39.2 Å². The number of ether oxygens (including phenoxy) is 1. The van der Waals surface area contributed by atoms with Crippen LogP contribution in [0.15, 0.2) is 18.7 Å². The SMILES string of the molecule is CCCNC(CCCOCC)c1cncnc1. The summed E-state index contributed by atoms with van der Waals surface area (Å²) in [5.74, 6) is 0. The first-order valence-corrected chi connectivity index (χ1v) is 6.44. The van der Waals surface area contributed by atoms with Gasteiger partial charge >= 0.3 is 0 Å². The zero-order valence-electron chi connectivity index (χ0n) is 10.9. The maximum Gasteiger partial charge on any atom is 0.115 e. The van der Waals surface area contributed by atoms with Crippen molar-refractivity contribution in [1.82, 2.24) is 15.3 Å². The predicted octanol–water partition coefficient (Wildman–Crippen LogP) is 2.33. The Morgan fingerprint density at radius 2 is 2.06 bits per heavy atom. The molecule has 0 aromatic carbocycles. The summed E-state index contributed by atoms with van der Waals surface area (Å²) in [6, 6.07) is 0.344. The third-order valence-corrected chi connectivity index (χ3v) is 2.61. The smallest absolute Gasteiger partial charge is 0.115 e. The fourth-order valence-electron chi connectivity index (χ4n) is 1.73. The Morgan fingerprint density at radius 3 is 2.71 bits per heavy atom. The van der Waals surface area contributed by atoms with Crippen LogP contribution in [0.4, 0.5) is 0 Å². The Labute approximate surface area is 104 Å². The lowest BCUT2D eigenvalue weighted by Gasteiger charge is -2.18. The summed E-state index contributed by atoms with van der Waals surface area (Å²) in [5, 5.41) is 3.53. The standard InChI is InChI=1S/C13H23N3O/c1-3-7-16-13(6-5-8-17-4-2)12-9-14-11-15-10-12/h9-11,13,16H,3-8H2,1-2H3. The van der Waals surface area contributed by atoms with Crippen LogP contribution in [0.1, 0.15) is 44.7 Å². The number of nitrogens with one attached hydrogen (secondary N) is 1. The number of rotatable bonds is 9. The van der Waals surface area contributed by atoms with Gasteiger partial charge in [0.25, 0.3) is 0 Å². The maximum atomic E-state index is 5.37. The van der Waals surface area contributed by atoms with Crippen molar-refractivity contribution >= 4 is 0 Å². The highest BCUT2D eigenvalue weighted by Gasteiger charge is 2.10. The average molecular weight is 237 g/mol. The number of hydrogen-bond acceptors (Lipinski definition) is 4. The summed E-state index contributed by atoms with van der Waals surface area (Å²) in [6.07, 6.45) is 8.61. The topological polar surface area (TPSA) is 47.0 Å². The largest absolute Gasteiger partial charge is 0.382 e. The summed E-state index contributed by atoms with van der Waals surface area (Å²) >= 11 is 0. The van der Waals surface area contributed by atoms with Crippen molar-refractivity contribution in [3.05, 3.63) is 24.3 Å². The van der Waals surface area contributed by atoms with Crippen molar-refractivity contribution in [2.75, 3.05) is 19.8 Å². The quantitative estimate of drug-likeness (QED) is 0.670. The van der Waals surface area contributed by atoms with E-state index >= 15 is 0 Å². The fraction of sp³-hybridized carbons (Fsp3) is 0.692. The first-order valence-electron chi connectivity index (χ1n) is 6.44. The molecule has 1 rings (SSSR count). The van der Waals surface area contributed by atoms with Crippen molar-refractivity contribution < 1.29 is 4.74 Å². The first kappa shape index (κ1) is 14.1. The van der Waals surface area contributed by atoms with Crippen LogP contribution in [-0.2, 0) is 4.74 Å². The highest BCUT2D eigenvalue weighted by Crippen LogP contribution is 2.16. The molecule has 0 saturated heterocycles.